The Bertz CT molecular complexity index is 64.1. The molecule has 0 N–H and O–H groups in total. The molecule has 0 aliphatic carbocycles. The highest BCUT2D eigenvalue weighted by molar-refractivity contribution is 6.19. The van der Waals surface area contributed by atoms with E-state index in [1.165, 1.54) is 0 Å². The lowest BCUT2D eigenvalue weighted by molar-refractivity contribution is 0.139. The van der Waals surface area contributed by atoms with Crippen LogP contribution in [0, 0.1) is 0 Å². The molecule has 0 saturated carbocycles. The summed E-state index contributed by atoms with van der Waals surface area (Å²) in [5.41, 5.74) is -0.0154. The van der Waals surface area contributed by atoms with Crippen molar-refractivity contribution in [2.45, 2.75) is 19.4 Å². The lowest BCUT2D eigenvalue weighted by Crippen LogP contribution is -2.21. The topological polar surface area (TPSA) is 18.5 Å². The van der Waals surface area contributed by atoms with Crippen molar-refractivity contribution in [3.63, 3.8) is 0 Å². The number of hydrogen-bond acceptors (Lipinski definition) is 2. The molecule has 0 aromatic heterocycles. The molecule has 3 heteroatoms. The summed E-state index contributed by atoms with van der Waals surface area (Å²) in [5, 5.41) is 0. The van der Waals surface area contributed by atoms with Crippen molar-refractivity contribution in [3.05, 3.63) is 0 Å². The lowest BCUT2D eigenvalue weighted by Gasteiger charge is -2.12. The minimum atomic E-state index is -0.0154. The van der Waals surface area contributed by atoms with E-state index in [-0.39, 0.29) is 15.6 Å². The van der Waals surface area contributed by atoms with E-state index in [0.29, 0.717) is 0 Å². The second-order valence-electron chi connectivity index (χ2n) is 2.23. The Balaban J connectivity index is 2.40. The quantitative estimate of drug-likeness (QED) is 0.425. The van der Waals surface area contributed by atoms with Crippen molar-refractivity contribution in [1.82, 2.24) is 0 Å². The van der Waals surface area contributed by atoms with Gasteiger partial charge in [0.1, 0.15) is 0 Å². The molecule has 0 unspecified atom stereocenters. The summed E-state index contributed by atoms with van der Waals surface area (Å²) in [6, 6.07) is 0. The van der Waals surface area contributed by atoms with Gasteiger partial charge in [-0.1, -0.05) is 0 Å². The van der Waals surface area contributed by atoms with Crippen LogP contribution in [-0.4, -0.2) is 22.2 Å². The van der Waals surface area contributed by atoms with Crippen LogP contribution in [-0.2, 0) is 8.85 Å². The highest BCUT2D eigenvalue weighted by Crippen LogP contribution is 2.13. The molecule has 0 amide bonds. The van der Waals surface area contributed by atoms with Crippen LogP contribution < -0.4 is 0 Å². The van der Waals surface area contributed by atoms with Gasteiger partial charge in [0, 0.05) is 0 Å². The maximum Gasteiger partial charge on any atom is 0.434 e. The highest BCUT2D eigenvalue weighted by atomic mass is 28.3. The first-order valence-corrected chi connectivity index (χ1v) is 3.07. The SMILES string of the molecule is CC1(C)CO[Si]O1. The second-order valence-corrected chi connectivity index (χ2v) is 2.89. The smallest absolute Gasteiger partial charge is 0.390 e. The van der Waals surface area contributed by atoms with Crippen molar-refractivity contribution in [3.8, 4) is 0 Å². The van der Waals surface area contributed by atoms with Gasteiger partial charge in [-0.3, -0.25) is 0 Å². The Morgan fingerprint density at radius 1 is 1.57 bits per heavy atom. The molecule has 0 atom stereocenters. The van der Waals surface area contributed by atoms with Gasteiger partial charge in [-0.2, -0.15) is 0 Å². The molecule has 2 radical (unpaired) electrons. The van der Waals surface area contributed by atoms with Crippen molar-refractivity contribution in [2.75, 3.05) is 6.61 Å². The van der Waals surface area contributed by atoms with Crippen LogP contribution in [0.4, 0.5) is 0 Å². The third-order valence-electron chi connectivity index (χ3n) is 0.797. The van der Waals surface area contributed by atoms with E-state index in [1.807, 2.05) is 13.8 Å². The van der Waals surface area contributed by atoms with E-state index in [4.69, 9.17) is 8.85 Å². The molecule has 0 spiro atoms. The number of hydrogen-bond donors (Lipinski definition) is 0. The molecule has 1 rings (SSSR count). The second kappa shape index (κ2) is 1.58. The van der Waals surface area contributed by atoms with Gasteiger partial charge in [-0.15, -0.1) is 0 Å². The first kappa shape index (κ1) is 5.28. The van der Waals surface area contributed by atoms with E-state index in [2.05, 4.69) is 0 Å². The van der Waals surface area contributed by atoms with Crippen LogP contribution >= 0.6 is 0 Å². The molecule has 1 aliphatic heterocycles. The first-order chi connectivity index (χ1) is 3.21. The minimum Gasteiger partial charge on any atom is -0.390 e. The van der Waals surface area contributed by atoms with E-state index in [0.717, 1.165) is 6.61 Å². The summed E-state index contributed by atoms with van der Waals surface area (Å²) in [7, 11) is 0.260. The molecule has 40 valence electrons. The molecule has 2 nitrogen and oxygen atoms in total. The van der Waals surface area contributed by atoms with Crippen LogP contribution in [0.1, 0.15) is 13.8 Å². The fourth-order valence-electron chi connectivity index (χ4n) is 0.375. The molecule has 0 aromatic rings. The van der Waals surface area contributed by atoms with Crippen LogP contribution in [0.15, 0.2) is 0 Å². The molecule has 7 heavy (non-hydrogen) atoms. The summed E-state index contributed by atoms with van der Waals surface area (Å²) in [4.78, 5) is 0. The maximum absolute atomic E-state index is 5.15. The Morgan fingerprint density at radius 2 is 2.29 bits per heavy atom. The van der Waals surface area contributed by atoms with Gasteiger partial charge in [0.25, 0.3) is 0 Å². The Hall–Kier alpha value is 0.137. The largest absolute Gasteiger partial charge is 0.434 e. The monoisotopic (exact) mass is 116 g/mol. The van der Waals surface area contributed by atoms with Crippen LogP contribution in [0.5, 0.6) is 0 Å². The van der Waals surface area contributed by atoms with Gasteiger partial charge in [0.15, 0.2) is 0 Å². The molecule has 1 fully saturated rings. The minimum absolute atomic E-state index is 0.0154. The van der Waals surface area contributed by atoms with E-state index >= 15 is 0 Å². The van der Waals surface area contributed by atoms with Crippen LogP contribution in [0.25, 0.3) is 0 Å². The van der Waals surface area contributed by atoms with Gasteiger partial charge >= 0.3 is 10.0 Å². The van der Waals surface area contributed by atoms with Gasteiger partial charge in [0.05, 0.1) is 12.2 Å². The Morgan fingerprint density at radius 3 is 2.43 bits per heavy atom. The third-order valence-corrected chi connectivity index (χ3v) is 1.69. The summed E-state index contributed by atoms with van der Waals surface area (Å²) in [6.07, 6.45) is 0. The van der Waals surface area contributed by atoms with Crippen molar-refractivity contribution in [2.24, 2.45) is 0 Å². The fraction of sp³-hybridized carbons (Fsp3) is 1.00. The molecule has 1 heterocycles. The van der Waals surface area contributed by atoms with Crippen molar-refractivity contribution >= 4 is 10.0 Å². The van der Waals surface area contributed by atoms with E-state index < -0.39 is 0 Å². The third kappa shape index (κ3) is 1.26. The fourth-order valence-corrected chi connectivity index (χ4v) is 1.12. The van der Waals surface area contributed by atoms with Crippen LogP contribution in [0.2, 0.25) is 0 Å². The molecular weight excluding hydrogens is 108 g/mol. The van der Waals surface area contributed by atoms with Crippen molar-refractivity contribution < 1.29 is 8.85 Å². The summed E-state index contributed by atoms with van der Waals surface area (Å²) in [5.74, 6) is 0. The van der Waals surface area contributed by atoms with Gasteiger partial charge in [0.2, 0.25) is 0 Å². The lowest BCUT2D eigenvalue weighted by atomic mass is 10.2. The molecule has 0 aromatic carbocycles. The predicted octanol–water partition coefficient (Wildman–Crippen LogP) is 0.346. The zero-order valence-electron chi connectivity index (χ0n) is 4.52. The highest BCUT2D eigenvalue weighted by Gasteiger charge is 2.25. The van der Waals surface area contributed by atoms with Gasteiger partial charge < -0.3 is 8.85 Å². The number of rotatable bonds is 0. The van der Waals surface area contributed by atoms with Crippen LogP contribution in [0.3, 0.4) is 0 Å². The molecule has 1 saturated heterocycles. The normalized spacial score (nSPS) is 28.3. The zero-order valence-corrected chi connectivity index (χ0v) is 5.52. The van der Waals surface area contributed by atoms with Gasteiger partial charge in [-0.25, -0.2) is 0 Å². The maximum atomic E-state index is 5.15. The summed E-state index contributed by atoms with van der Waals surface area (Å²) in [6.45, 7) is 4.78. The average Bonchev–Trinajstić information content (AvgIpc) is 1.84. The Labute approximate surface area is 45.9 Å². The first-order valence-electron chi connectivity index (χ1n) is 2.25. The van der Waals surface area contributed by atoms with E-state index in [1.54, 1.807) is 0 Å². The molecular formula is C4H8O2Si. The standard InChI is InChI=1S/C4H8O2Si/c1-4(2)3-5-7-6-4/h3H2,1-2H3. The summed E-state index contributed by atoms with van der Waals surface area (Å²) < 4.78 is 10.1. The van der Waals surface area contributed by atoms with Gasteiger partial charge in [-0.05, 0) is 13.8 Å². The molecule has 1 aliphatic rings. The Kier molecular flexibility index (Phi) is 1.19. The molecule has 0 bridgehead atoms. The average molecular weight is 116 g/mol. The van der Waals surface area contributed by atoms with Crippen molar-refractivity contribution in [1.29, 1.82) is 0 Å². The predicted molar refractivity (Wildman–Crippen MR) is 26.9 cm³/mol. The van der Waals surface area contributed by atoms with E-state index in [9.17, 15) is 0 Å². The summed E-state index contributed by atoms with van der Waals surface area (Å²) >= 11 is 0. The zero-order chi connectivity index (χ0) is 5.33.